The average molecular weight is 590 g/mol. The second-order valence-corrected chi connectivity index (χ2v) is 11.2. The van der Waals surface area contributed by atoms with E-state index in [1.165, 1.54) is 60.2 Å². The zero-order valence-corrected chi connectivity index (χ0v) is 22.7. The minimum atomic E-state index is 0.478. The summed E-state index contributed by atoms with van der Waals surface area (Å²) in [5, 5.41) is 7.43. The third-order valence-electron chi connectivity index (χ3n) is 7.53. The van der Waals surface area contributed by atoms with E-state index < -0.39 is 0 Å². The number of rotatable bonds is 2. The number of halogens is 2. The molecule has 0 saturated carbocycles. The molecule has 7 rings (SSSR count). The van der Waals surface area contributed by atoms with Gasteiger partial charge in [0.05, 0.1) is 0 Å². The lowest BCUT2D eigenvalue weighted by Crippen LogP contribution is -2.06. The first-order valence-electron chi connectivity index (χ1n) is 12.3. The van der Waals surface area contributed by atoms with E-state index in [1.54, 1.807) is 0 Å². The van der Waals surface area contributed by atoms with Gasteiger partial charge in [0.1, 0.15) is 0 Å². The predicted octanol–water partition coefficient (Wildman–Crippen LogP) is 10.8. The molecular weight excluding hydrogens is 568 g/mol. The third-order valence-corrected chi connectivity index (χ3v) is 9.24. The first kappa shape index (κ1) is 22.0. The van der Waals surface area contributed by atoms with Crippen LogP contribution >= 0.6 is 31.9 Å². The van der Waals surface area contributed by atoms with Crippen LogP contribution in [-0.2, 0) is 0 Å². The smallest absolute Gasteiger partial charge is 0.0333 e. The van der Waals surface area contributed by atoms with Crippen molar-refractivity contribution in [3.05, 3.63) is 135 Å². The van der Waals surface area contributed by atoms with Crippen LogP contribution in [0.25, 0.3) is 49.0 Å². The highest BCUT2D eigenvalue weighted by atomic mass is 79.9. The largest absolute Gasteiger partial charge is 0.0767 e. The van der Waals surface area contributed by atoms with E-state index in [-0.39, 0.29) is 0 Å². The summed E-state index contributed by atoms with van der Waals surface area (Å²) in [6.07, 6.45) is 14.4. The van der Waals surface area contributed by atoms with Crippen LogP contribution in [-0.4, -0.2) is 0 Å². The molecule has 1 unspecified atom stereocenters. The molecule has 172 valence electrons. The number of allylic oxidation sites excluding steroid dienone is 8. The molecule has 0 aromatic heterocycles. The van der Waals surface area contributed by atoms with Crippen molar-refractivity contribution in [1.29, 1.82) is 0 Å². The van der Waals surface area contributed by atoms with Crippen LogP contribution in [0.1, 0.15) is 12.0 Å². The molecule has 5 aromatic carbocycles. The van der Waals surface area contributed by atoms with Gasteiger partial charge in [-0.1, -0.05) is 97.1 Å². The number of fused-ring (bicyclic) bond motifs is 4. The van der Waals surface area contributed by atoms with Gasteiger partial charge in [-0.3, -0.25) is 0 Å². The van der Waals surface area contributed by atoms with Crippen molar-refractivity contribution in [3.63, 3.8) is 0 Å². The normalized spacial score (nSPS) is 16.9. The van der Waals surface area contributed by atoms with Crippen LogP contribution in [0.3, 0.4) is 0 Å². The van der Waals surface area contributed by atoms with Crippen molar-refractivity contribution < 1.29 is 0 Å². The quantitative estimate of drug-likeness (QED) is 0.180. The van der Waals surface area contributed by atoms with Crippen molar-refractivity contribution >= 4 is 69.8 Å². The van der Waals surface area contributed by atoms with E-state index in [0.717, 1.165) is 15.4 Å². The second kappa shape index (κ2) is 8.73. The molecule has 2 heteroatoms. The van der Waals surface area contributed by atoms with Crippen LogP contribution < -0.4 is 0 Å². The van der Waals surface area contributed by atoms with Crippen LogP contribution in [0.2, 0.25) is 0 Å². The number of hydrogen-bond donors (Lipinski definition) is 0. The SMILES string of the molecule is Brc1c2ccc(-c3ccc4ccccc4c3)cc2c(Br)c2ccc(C3=CC=C4C=CC=CC4C3)cc12. The fourth-order valence-corrected chi connectivity index (χ4v) is 6.90. The maximum absolute atomic E-state index is 3.97. The lowest BCUT2D eigenvalue weighted by Gasteiger charge is -2.23. The van der Waals surface area contributed by atoms with Gasteiger partial charge in [-0.05, 0) is 117 Å². The average Bonchev–Trinajstić information content (AvgIpc) is 2.95. The third kappa shape index (κ3) is 3.63. The Morgan fingerprint density at radius 3 is 2.06 bits per heavy atom. The van der Waals surface area contributed by atoms with Gasteiger partial charge in [0.2, 0.25) is 0 Å². The van der Waals surface area contributed by atoms with Crippen LogP contribution in [0.5, 0.6) is 0 Å². The van der Waals surface area contributed by atoms with Crippen molar-refractivity contribution in [3.8, 4) is 11.1 Å². The summed E-state index contributed by atoms with van der Waals surface area (Å²) in [4.78, 5) is 0. The van der Waals surface area contributed by atoms with Crippen molar-refractivity contribution in [1.82, 2.24) is 0 Å². The Bertz CT molecular complexity index is 1830. The van der Waals surface area contributed by atoms with E-state index >= 15 is 0 Å². The highest BCUT2D eigenvalue weighted by molar-refractivity contribution is 9.11. The molecule has 5 aromatic rings. The summed E-state index contributed by atoms with van der Waals surface area (Å²) >= 11 is 7.94. The van der Waals surface area contributed by atoms with Gasteiger partial charge in [0, 0.05) is 14.9 Å². The first-order valence-corrected chi connectivity index (χ1v) is 13.8. The van der Waals surface area contributed by atoms with Gasteiger partial charge >= 0.3 is 0 Å². The zero-order chi connectivity index (χ0) is 24.2. The molecule has 0 aliphatic heterocycles. The Labute approximate surface area is 227 Å². The topological polar surface area (TPSA) is 0 Å². The highest BCUT2D eigenvalue weighted by Crippen LogP contribution is 2.43. The molecule has 0 saturated heterocycles. The molecule has 2 aliphatic rings. The monoisotopic (exact) mass is 588 g/mol. The summed E-state index contributed by atoms with van der Waals surface area (Å²) < 4.78 is 2.29. The van der Waals surface area contributed by atoms with Gasteiger partial charge in [0.15, 0.2) is 0 Å². The second-order valence-electron chi connectivity index (χ2n) is 9.62. The van der Waals surface area contributed by atoms with Crippen molar-refractivity contribution in [2.24, 2.45) is 5.92 Å². The lowest BCUT2D eigenvalue weighted by atomic mass is 9.82. The molecule has 0 nitrogen and oxygen atoms in total. The van der Waals surface area contributed by atoms with Crippen LogP contribution in [0, 0.1) is 5.92 Å². The fraction of sp³-hybridized carbons (Fsp3) is 0.0588. The minimum Gasteiger partial charge on any atom is -0.0767 e. The highest BCUT2D eigenvalue weighted by Gasteiger charge is 2.19. The Hall–Kier alpha value is -3.20. The maximum atomic E-state index is 3.97. The molecule has 0 fully saturated rings. The molecule has 36 heavy (non-hydrogen) atoms. The van der Waals surface area contributed by atoms with Crippen LogP contribution in [0.15, 0.2) is 130 Å². The first-order chi connectivity index (χ1) is 17.7. The number of hydrogen-bond acceptors (Lipinski definition) is 0. The standard InChI is InChI=1S/C34H22Br2/c35-33-30-16-14-28(26-12-10-22-6-2-4-8-24(22)18-26)20-32(30)34(36)29-15-13-27(19-31(29)33)25-11-9-21-5-1-3-7-23(21)17-25/h1-17,19-20,24H,18H2. The number of benzene rings is 5. The molecule has 0 amide bonds. The Morgan fingerprint density at radius 1 is 0.583 bits per heavy atom. The van der Waals surface area contributed by atoms with Crippen LogP contribution in [0.4, 0.5) is 0 Å². The summed E-state index contributed by atoms with van der Waals surface area (Å²) in [5.41, 5.74) is 6.54. The summed E-state index contributed by atoms with van der Waals surface area (Å²) in [6.45, 7) is 0. The van der Waals surface area contributed by atoms with E-state index in [1.807, 2.05) is 0 Å². The maximum Gasteiger partial charge on any atom is 0.0333 e. The lowest BCUT2D eigenvalue weighted by molar-refractivity contribution is 0.793. The molecule has 0 radical (unpaired) electrons. The van der Waals surface area contributed by atoms with E-state index in [4.69, 9.17) is 0 Å². The van der Waals surface area contributed by atoms with Gasteiger partial charge in [-0.2, -0.15) is 0 Å². The zero-order valence-electron chi connectivity index (χ0n) is 19.5. The molecule has 0 heterocycles. The Kier molecular flexibility index (Phi) is 5.34. The Morgan fingerprint density at radius 2 is 1.25 bits per heavy atom. The fourth-order valence-electron chi connectivity index (χ4n) is 5.55. The van der Waals surface area contributed by atoms with Gasteiger partial charge in [0.25, 0.3) is 0 Å². The van der Waals surface area contributed by atoms with Gasteiger partial charge in [-0.25, -0.2) is 0 Å². The summed E-state index contributed by atoms with van der Waals surface area (Å²) in [6, 6.07) is 28.9. The summed E-state index contributed by atoms with van der Waals surface area (Å²) in [5.74, 6) is 0.478. The molecular formula is C34H22Br2. The van der Waals surface area contributed by atoms with E-state index in [9.17, 15) is 0 Å². The molecule has 0 spiro atoms. The van der Waals surface area contributed by atoms with Crippen molar-refractivity contribution in [2.75, 3.05) is 0 Å². The molecule has 1 atom stereocenters. The minimum absolute atomic E-state index is 0.478. The molecule has 0 N–H and O–H groups in total. The summed E-state index contributed by atoms with van der Waals surface area (Å²) in [7, 11) is 0. The predicted molar refractivity (Wildman–Crippen MR) is 162 cm³/mol. The Balaban J connectivity index is 1.34. The molecule has 2 aliphatic carbocycles. The van der Waals surface area contributed by atoms with E-state index in [2.05, 4.69) is 147 Å². The molecule has 0 bridgehead atoms. The van der Waals surface area contributed by atoms with Gasteiger partial charge < -0.3 is 0 Å². The van der Waals surface area contributed by atoms with Crippen molar-refractivity contribution in [2.45, 2.75) is 6.42 Å². The van der Waals surface area contributed by atoms with E-state index in [0.29, 0.717) is 5.92 Å². The van der Waals surface area contributed by atoms with Gasteiger partial charge in [-0.15, -0.1) is 0 Å².